The average molecular weight is 500 g/mol. The number of nitrogens with one attached hydrogen (secondary N) is 2. The first-order chi connectivity index (χ1) is 16.2. The largest absolute Gasteiger partial charge is 0.370 e. The number of anilines is 2. The number of benzene rings is 1. The SMILES string of the molecule is Cc1sc2nc(CSC(C)C(=O)Nc3ccccc3N3CCC(C(N)=O)CC3)[nH]c(=O)c2c1C. The first kappa shape index (κ1) is 24.3. The van der Waals surface area contributed by atoms with Crippen LogP contribution in [0.15, 0.2) is 29.1 Å². The zero-order chi connectivity index (χ0) is 24.4. The maximum Gasteiger partial charge on any atom is 0.259 e. The number of aromatic nitrogens is 2. The Morgan fingerprint density at radius 3 is 2.71 bits per heavy atom. The van der Waals surface area contributed by atoms with E-state index in [1.807, 2.05) is 45.0 Å². The summed E-state index contributed by atoms with van der Waals surface area (Å²) in [7, 11) is 0. The van der Waals surface area contributed by atoms with Crippen molar-refractivity contribution in [2.75, 3.05) is 23.3 Å². The number of carbonyl (C=O) groups is 2. The van der Waals surface area contributed by atoms with Gasteiger partial charge in [-0.05, 0) is 51.3 Å². The van der Waals surface area contributed by atoms with Crippen molar-refractivity contribution < 1.29 is 9.59 Å². The summed E-state index contributed by atoms with van der Waals surface area (Å²) in [5.74, 6) is 0.553. The number of thioether (sulfide) groups is 1. The molecule has 4 rings (SSSR count). The topological polar surface area (TPSA) is 121 Å². The van der Waals surface area contributed by atoms with Gasteiger partial charge in [0.25, 0.3) is 5.56 Å². The Hall–Kier alpha value is -2.85. The Kier molecular flexibility index (Phi) is 7.27. The highest BCUT2D eigenvalue weighted by Gasteiger charge is 2.25. The summed E-state index contributed by atoms with van der Waals surface area (Å²) in [6, 6.07) is 7.70. The number of nitrogens with zero attached hydrogens (tertiary/aromatic N) is 2. The van der Waals surface area contributed by atoms with Crippen molar-refractivity contribution in [2.45, 2.75) is 44.6 Å². The zero-order valence-electron chi connectivity index (χ0n) is 19.5. The molecule has 3 heterocycles. The van der Waals surface area contributed by atoms with E-state index < -0.39 is 0 Å². The highest BCUT2D eigenvalue weighted by Crippen LogP contribution is 2.31. The van der Waals surface area contributed by atoms with Gasteiger partial charge in [0.15, 0.2) is 0 Å². The molecule has 2 amide bonds. The Bertz CT molecular complexity index is 1280. The number of H-pyrrole nitrogens is 1. The van der Waals surface area contributed by atoms with E-state index in [2.05, 4.69) is 20.2 Å². The van der Waals surface area contributed by atoms with Crippen molar-refractivity contribution in [3.8, 4) is 0 Å². The molecule has 0 bridgehead atoms. The van der Waals surface area contributed by atoms with Gasteiger partial charge in [0, 0.05) is 23.9 Å². The number of rotatable bonds is 7. The second-order valence-electron chi connectivity index (χ2n) is 8.60. The number of aromatic amines is 1. The average Bonchev–Trinajstić information content (AvgIpc) is 3.11. The van der Waals surface area contributed by atoms with E-state index >= 15 is 0 Å². The maximum atomic E-state index is 12.9. The molecule has 0 radical (unpaired) electrons. The third-order valence-electron chi connectivity index (χ3n) is 6.33. The highest BCUT2D eigenvalue weighted by atomic mass is 32.2. The molecule has 0 saturated carbocycles. The van der Waals surface area contributed by atoms with Crippen LogP contribution in [0.4, 0.5) is 11.4 Å². The van der Waals surface area contributed by atoms with Crippen LogP contribution in [0.5, 0.6) is 0 Å². The summed E-state index contributed by atoms with van der Waals surface area (Å²) in [4.78, 5) is 48.4. The second kappa shape index (κ2) is 10.2. The molecule has 4 N–H and O–H groups in total. The molecule has 0 aliphatic carbocycles. The van der Waals surface area contributed by atoms with Gasteiger partial charge < -0.3 is 20.9 Å². The molecular weight excluding hydrogens is 470 g/mol. The van der Waals surface area contributed by atoms with Gasteiger partial charge in [-0.2, -0.15) is 0 Å². The molecule has 2 aromatic heterocycles. The number of para-hydroxylation sites is 2. The van der Waals surface area contributed by atoms with Gasteiger partial charge in [-0.3, -0.25) is 14.4 Å². The molecule has 0 spiro atoms. The molecule has 34 heavy (non-hydrogen) atoms. The molecule has 1 fully saturated rings. The Balaban J connectivity index is 1.39. The van der Waals surface area contributed by atoms with Crippen molar-refractivity contribution in [3.63, 3.8) is 0 Å². The van der Waals surface area contributed by atoms with Crippen LogP contribution < -0.4 is 21.5 Å². The van der Waals surface area contributed by atoms with Crippen LogP contribution in [0.25, 0.3) is 10.2 Å². The van der Waals surface area contributed by atoms with E-state index in [1.54, 1.807) is 0 Å². The summed E-state index contributed by atoms with van der Waals surface area (Å²) in [6.07, 6.45) is 1.42. The third-order valence-corrected chi connectivity index (χ3v) is 8.58. The lowest BCUT2D eigenvalue weighted by Crippen LogP contribution is -2.39. The molecule has 1 aliphatic heterocycles. The van der Waals surface area contributed by atoms with Gasteiger partial charge in [0.2, 0.25) is 11.8 Å². The minimum Gasteiger partial charge on any atom is -0.370 e. The smallest absolute Gasteiger partial charge is 0.259 e. The minimum absolute atomic E-state index is 0.0873. The first-order valence-electron chi connectivity index (χ1n) is 11.3. The highest BCUT2D eigenvalue weighted by molar-refractivity contribution is 7.99. The molecule has 1 aliphatic rings. The minimum atomic E-state index is -0.346. The van der Waals surface area contributed by atoms with Crippen LogP contribution in [0.1, 0.15) is 36.0 Å². The molecule has 1 aromatic carbocycles. The number of thiophene rings is 1. The number of hydrogen-bond donors (Lipinski definition) is 3. The van der Waals surface area contributed by atoms with E-state index in [4.69, 9.17) is 5.73 Å². The number of hydrogen-bond acceptors (Lipinski definition) is 7. The van der Waals surface area contributed by atoms with Gasteiger partial charge in [-0.1, -0.05) is 12.1 Å². The number of aryl methyl sites for hydroxylation is 2. The van der Waals surface area contributed by atoms with Gasteiger partial charge in [0.05, 0.1) is 27.8 Å². The Morgan fingerprint density at radius 1 is 1.29 bits per heavy atom. The summed E-state index contributed by atoms with van der Waals surface area (Å²) in [6.45, 7) is 7.20. The van der Waals surface area contributed by atoms with Gasteiger partial charge in [-0.15, -0.1) is 23.1 Å². The summed E-state index contributed by atoms with van der Waals surface area (Å²) >= 11 is 2.94. The van der Waals surface area contributed by atoms with Gasteiger partial charge >= 0.3 is 0 Å². The predicted octanol–water partition coefficient (Wildman–Crippen LogP) is 3.56. The van der Waals surface area contributed by atoms with Crippen molar-refractivity contribution in [3.05, 3.63) is 50.9 Å². The molecule has 3 aromatic rings. The second-order valence-corrected chi connectivity index (χ2v) is 11.1. The van der Waals surface area contributed by atoms with Crippen molar-refractivity contribution in [1.82, 2.24) is 9.97 Å². The molecule has 10 heteroatoms. The van der Waals surface area contributed by atoms with Crippen LogP contribution in [0.3, 0.4) is 0 Å². The van der Waals surface area contributed by atoms with E-state index in [-0.39, 0.29) is 28.5 Å². The first-order valence-corrected chi connectivity index (χ1v) is 13.2. The Labute approximate surface area is 206 Å². The van der Waals surface area contributed by atoms with E-state index in [0.29, 0.717) is 42.9 Å². The molecule has 1 unspecified atom stereocenters. The van der Waals surface area contributed by atoms with E-state index in [0.717, 1.165) is 26.6 Å². The number of fused-ring (bicyclic) bond motifs is 1. The van der Waals surface area contributed by atoms with E-state index in [9.17, 15) is 14.4 Å². The van der Waals surface area contributed by atoms with Crippen LogP contribution in [-0.4, -0.2) is 40.1 Å². The predicted molar refractivity (Wildman–Crippen MR) is 140 cm³/mol. The van der Waals surface area contributed by atoms with Gasteiger partial charge in [-0.25, -0.2) is 4.98 Å². The lowest BCUT2D eigenvalue weighted by atomic mass is 9.96. The Morgan fingerprint density at radius 2 is 2.00 bits per heavy atom. The molecular formula is C24H29N5O3S2. The van der Waals surface area contributed by atoms with Crippen LogP contribution in [-0.2, 0) is 15.3 Å². The fourth-order valence-electron chi connectivity index (χ4n) is 4.14. The number of primary amides is 1. The maximum absolute atomic E-state index is 12.9. The number of carbonyl (C=O) groups excluding carboxylic acids is 2. The van der Waals surface area contributed by atoms with E-state index in [1.165, 1.54) is 23.1 Å². The lowest BCUT2D eigenvalue weighted by Gasteiger charge is -2.33. The van der Waals surface area contributed by atoms with Gasteiger partial charge in [0.1, 0.15) is 10.7 Å². The quantitative estimate of drug-likeness (QED) is 0.457. The van der Waals surface area contributed by atoms with Crippen molar-refractivity contribution in [1.29, 1.82) is 0 Å². The standard InChI is InChI=1S/C24H29N5O3S2/c1-13-14(2)34-24-20(13)23(32)27-19(28-24)12-33-15(3)22(31)26-17-6-4-5-7-18(17)29-10-8-16(9-11-29)21(25)30/h4-7,15-16H,8-12H2,1-3H3,(H2,25,30)(H,26,31)(H,27,28,32). The fraction of sp³-hybridized carbons (Fsp3) is 0.417. The molecule has 180 valence electrons. The number of piperidine rings is 1. The fourth-order valence-corrected chi connectivity index (χ4v) is 5.95. The third kappa shape index (κ3) is 5.12. The monoisotopic (exact) mass is 499 g/mol. The lowest BCUT2D eigenvalue weighted by molar-refractivity contribution is -0.122. The summed E-state index contributed by atoms with van der Waals surface area (Å²) in [5, 5.41) is 3.35. The van der Waals surface area contributed by atoms with Crippen LogP contribution in [0.2, 0.25) is 0 Å². The molecule has 1 saturated heterocycles. The molecule has 1 atom stereocenters. The van der Waals surface area contributed by atoms with Crippen LogP contribution in [0, 0.1) is 19.8 Å². The summed E-state index contributed by atoms with van der Waals surface area (Å²) < 4.78 is 0. The zero-order valence-corrected chi connectivity index (χ0v) is 21.1. The normalized spacial score (nSPS) is 15.4. The van der Waals surface area contributed by atoms with Crippen LogP contribution >= 0.6 is 23.1 Å². The van der Waals surface area contributed by atoms with Crippen molar-refractivity contribution >= 4 is 56.5 Å². The summed E-state index contributed by atoms with van der Waals surface area (Å²) in [5.41, 5.74) is 7.98. The molecule has 8 nitrogen and oxygen atoms in total. The number of amides is 2. The number of nitrogens with two attached hydrogens (primary N) is 1. The van der Waals surface area contributed by atoms with Crippen molar-refractivity contribution in [2.24, 2.45) is 11.7 Å².